The Morgan fingerprint density at radius 1 is 1.47 bits per heavy atom. The highest BCUT2D eigenvalue weighted by Gasteiger charge is 2.21. The predicted molar refractivity (Wildman–Crippen MR) is 63.9 cm³/mol. The maximum absolute atomic E-state index is 5.73. The second-order valence-corrected chi connectivity index (χ2v) is 5.32. The zero-order valence-electron chi connectivity index (χ0n) is 10.5. The summed E-state index contributed by atoms with van der Waals surface area (Å²) in [6, 6.07) is 0. The van der Waals surface area contributed by atoms with E-state index in [1.807, 2.05) is 0 Å². The second-order valence-electron chi connectivity index (χ2n) is 5.32. The van der Waals surface area contributed by atoms with Gasteiger partial charge in [-0.1, -0.05) is 20.8 Å². The number of hydrogen-bond donors (Lipinski definition) is 1. The first kappa shape index (κ1) is 12.9. The molecule has 15 heavy (non-hydrogen) atoms. The SMILES string of the molecule is CCC1CN(CCC(C)(C)CN)CCO1. The van der Waals surface area contributed by atoms with Crippen LogP contribution in [0.3, 0.4) is 0 Å². The number of rotatable bonds is 5. The van der Waals surface area contributed by atoms with Crippen LogP contribution in [0.2, 0.25) is 0 Å². The van der Waals surface area contributed by atoms with Crippen molar-refractivity contribution in [2.75, 3.05) is 32.8 Å². The average molecular weight is 214 g/mol. The molecule has 3 nitrogen and oxygen atoms in total. The molecule has 2 N–H and O–H groups in total. The smallest absolute Gasteiger partial charge is 0.0700 e. The average Bonchev–Trinajstić information content (AvgIpc) is 2.27. The minimum Gasteiger partial charge on any atom is -0.376 e. The molecule has 1 fully saturated rings. The third kappa shape index (κ3) is 4.49. The van der Waals surface area contributed by atoms with E-state index >= 15 is 0 Å². The van der Waals surface area contributed by atoms with E-state index in [0.717, 1.165) is 39.2 Å². The van der Waals surface area contributed by atoms with Crippen LogP contribution in [0.4, 0.5) is 0 Å². The van der Waals surface area contributed by atoms with Crippen LogP contribution in [0.25, 0.3) is 0 Å². The molecule has 0 saturated carbocycles. The van der Waals surface area contributed by atoms with Crippen molar-refractivity contribution >= 4 is 0 Å². The van der Waals surface area contributed by atoms with Crippen molar-refractivity contribution in [2.24, 2.45) is 11.1 Å². The molecule has 0 bridgehead atoms. The summed E-state index contributed by atoms with van der Waals surface area (Å²) in [4.78, 5) is 2.51. The number of ether oxygens (including phenoxy) is 1. The zero-order valence-corrected chi connectivity index (χ0v) is 10.5. The Kier molecular flexibility index (Phi) is 5.03. The van der Waals surface area contributed by atoms with Crippen molar-refractivity contribution < 1.29 is 4.74 Å². The molecule has 1 aliphatic rings. The molecule has 1 heterocycles. The summed E-state index contributed by atoms with van der Waals surface area (Å²) in [5.41, 5.74) is 6.01. The lowest BCUT2D eigenvalue weighted by Crippen LogP contribution is -2.43. The highest BCUT2D eigenvalue weighted by atomic mass is 16.5. The van der Waals surface area contributed by atoms with Crippen molar-refractivity contribution in [3.05, 3.63) is 0 Å². The minimum absolute atomic E-state index is 0.278. The van der Waals surface area contributed by atoms with Gasteiger partial charge in [-0.25, -0.2) is 0 Å². The van der Waals surface area contributed by atoms with E-state index < -0.39 is 0 Å². The monoisotopic (exact) mass is 214 g/mol. The highest BCUT2D eigenvalue weighted by Crippen LogP contribution is 2.19. The topological polar surface area (TPSA) is 38.5 Å². The third-order valence-corrected chi connectivity index (χ3v) is 3.34. The molecule has 0 aromatic rings. The summed E-state index contributed by atoms with van der Waals surface area (Å²) in [5.74, 6) is 0. The summed E-state index contributed by atoms with van der Waals surface area (Å²) >= 11 is 0. The molecule has 0 aliphatic carbocycles. The number of morpholine rings is 1. The van der Waals surface area contributed by atoms with Gasteiger partial charge in [0.05, 0.1) is 12.7 Å². The molecule has 1 unspecified atom stereocenters. The lowest BCUT2D eigenvalue weighted by atomic mass is 9.89. The Morgan fingerprint density at radius 3 is 2.80 bits per heavy atom. The molecule has 0 aromatic carbocycles. The van der Waals surface area contributed by atoms with Crippen molar-refractivity contribution in [1.29, 1.82) is 0 Å². The van der Waals surface area contributed by atoms with Gasteiger partial charge in [-0.3, -0.25) is 4.90 Å². The predicted octanol–water partition coefficient (Wildman–Crippen LogP) is 1.47. The summed E-state index contributed by atoms with van der Waals surface area (Å²) < 4.78 is 5.65. The number of nitrogens with two attached hydrogens (primary N) is 1. The molecule has 1 rings (SSSR count). The van der Waals surface area contributed by atoms with Crippen molar-refractivity contribution in [1.82, 2.24) is 4.90 Å². The van der Waals surface area contributed by atoms with Gasteiger partial charge in [0, 0.05) is 13.1 Å². The van der Waals surface area contributed by atoms with E-state index in [1.54, 1.807) is 0 Å². The summed E-state index contributed by atoms with van der Waals surface area (Å²) in [7, 11) is 0. The van der Waals surface area contributed by atoms with E-state index in [0.29, 0.717) is 6.10 Å². The largest absolute Gasteiger partial charge is 0.376 e. The van der Waals surface area contributed by atoms with Crippen molar-refractivity contribution in [2.45, 2.75) is 39.7 Å². The molecule has 90 valence electrons. The molecule has 0 amide bonds. The maximum atomic E-state index is 5.73. The Labute approximate surface area is 94.0 Å². The van der Waals surface area contributed by atoms with Crippen LogP contribution in [0.1, 0.15) is 33.6 Å². The van der Waals surface area contributed by atoms with Crippen LogP contribution >= 0.6 is 0 Å². The molecular formula is C12H26N2O. The third-order valence-electron chi connectivity index (χ3n) is 3.34. The van der Waals surface area contributed by atoms with Crippen LogP contribution in [0.5, 0.6) is 0 Å². The first-order chi connectivity index (χ1) is 7.07. The Bertz CT molecular complexity index is 182. The molecule has 1 atom stereocenters. The van der Waals surface area contributed by atoms with Gasteiger partial charge in [0.25, 0.3) is 0 Å². The standard InChI is InChI=1S/C12H26N2O/c1-4-11-9-14(7-8-15-11)6-5-12(2,3)10-13/h11H,4-10,13H2,1-3H3. The Hall–Kier alpha value is -0.120. The number of nitrogens with zero attached hydrogens (tertiary/aromatic N) is 1. The lowest BCUT2D eigenvalue weighted by Gasteiger charge is -2.34. The van der Waals surface area contributed by atoms with E-state index in [1.165, 1.54) is 6.42 Å². The van der Waals surface area contributed by atoms with Gasteiger partial charge >= 0.3 is 0 Å². The Balaban J connectivity index is 2.26. The summed E-state index contributed by atoms with van der Waals surface area (Å²) in [6.07, 6.45) is 2.75. The highest BCUT2D eigenvalue weighted by molar-refractivity contribution is 4.75. The van der Waals surface area contributed by atoms with Crippen LogP contribution < -0.4 is 5.73 Å². The van der Waals surface area contributed by atoms with Gasteiger partial charge in [0.2, 0.25) is 0 Å². The van der Waals surface area contributed by atoms with Gasteiger partial charge in [-0.05, 0) is 31.3 Å². The van der Waals surface area contributed by atoms with Crippen molar-refractivity contribution in [3.8, 4) is 0 Å². The normalized spacial score (nSPS) is 24.4. The van der Waals surface area contributed by atoms with E-state index in [4.69, 9.17) is 10.5 Å². The molecule has 3 heteroatoms. The first-order valence-electron chi connectivity index (χ1n) is 6.11. The van der Waals surface area contributed by atoms with Crippen molar-refractivity contribution in [3.63, 3.8) is 0 Å². The summed E-state index contributed by atoms with van der Waals surface area (Å²) in [5, 5.41) is 0. The zero-order chi connectivity index (χ0) is 11.3. The summed E-state index contributed by atoms with van der Waals surface area (Å²) in [6.45, 7) is 11.7. The van der Waals surface area contributed by atoms with E-state index in [2.05, 4.69) is 25.7 Å². The lowest BCUT2D eigenvalue weighted by molar-refractivity contribution is -0.0322. The van der Waals surface area contributed by atoms with E-state index in [9.17, 15) is 0 Å². The fourth-order valence-corrected chi connectivity index (χ4v) is 1.79. The van der Waals surface area contributed by atoms with Gasteiger partial charge < -0.3 is 10.5 Å². The van der Waals surface area contributed by atoms with E-state index in [-0.39, 0.29) is 5.41 Å². The number of hydrogen-bond acceptors (Lipinski definition) is 3. The second kappa shape index (κ2) is 5.83. The fraction of sp³-hybridized carbons (Fsp3) is 1.00. The van der Waals surface area contributed by atoms with Crippen LogP contribution in [0, 0.1) is 5.41 Å². The first-order valence-corrected chi connectivity index (χ1v) is 6.11. The maximum Gasteiger partial charge on any atom is 0.0700 e. The molecule has 1 saturated heterocycles. The molecule has 0 spiro atoms. The van der Waals surface area contributed by atoms with Crippen LogP contribution in [0.15, 0.2) is 0 Å². The molecule has 0 radical (unpaired) electrons. The van der Waals surface area contributed by atoms with Gasteiger partial charge in [0.15, 0.2) is 0 Å². The van der Waals surface area contributed by atoms with Gasteiger partial charge in [0.1, 0.15) is 0 Å². The quantitative estimate of drug-likeness (QED) is 0.753. The fourth-order valence-electron chi connectivity index (χ4n) is 1.79. The van der Waals surface area contributed by atoms with Gasteiger partial charge in [-0.2, -0.15) is 0 Å². The molecular weight excluding hydrogens is 188 g/mol. The van der Waals surface area contributed by atoms with Crippen LogP contribution in [-0.4, -0.2) is 43.8 Å². The van der Waals surface area contributed by atoms with Crippen LogP contribution in [-0.2, 0) is 4.74 Å². The van der Waals surface area contributed by atoms with Gasteiger partial charge in [-0.15, -0.1) is 0 Å². The molecule has 1 aliphatic heterocycles. The molecule has 0 aromatic heterocycles. The Morgan fingerprint density at radius 2 is 2.20 bits per heavy atom. The minimum atomic E-state index is 0.278.